The second-order valence-corrected chi connectivity index (χ2v) is 6.49. The van der Waals surface area contributed by atoms with Crippen molar-refractivity contribution in [2.75, 3.05) is 13.9 Å². The standard InChI is InChI=1S/C23H20O4/c1-25-22(24)23(18-10-6-3-7-11-18,15-17-8-4-2-5-9-17)19-12-13-20-21(14-19)27-16-26-20/h2-14H,15-16H2,1H3. The average Bonchev–Trinajstić information content (AvgIpc) is 3.21. The van der Waals surface area contributed by atoms with Crippen LogP contribution >= 0.6 is 0 Å². The number of hydrogen-bond donors (Lipinski definition) is 0. The zero-order valence-electron chi connectivity index (χ0n) is 15.1. The maximum Gasteiger partial charge on any atom is 0.321 e. The van der Waals surface area contributed by atoms with Crippen molar-refractivity contribution in [3.63, 3.8) is 0 Å². The number of carbonyl (C=O) groups is 1. The lowest BCUT2D eigenvalue weighted by atomic mass is 9.70. The van der Waals surface area contributed by atoms with Gasteiger partial charge in [-0.05, 0) is 35.2 Å². The van der Waals surface area contributed by atoms with Crippen molar-refractivity contribution in [1.29, 1.82) is 0 Å². The van der Waals surface area contributed by atoms with Crippen molar-refractivity contribution in [3.8, 4) is 11.5 Å². The first-order chi connectivity index (χ1) is 13.2. The fourth-order valence-electron chi connectivity index (χ4n) is 3.64. The van der Waals surface area contributed by atoms with Gasteiger partial charge < -0.3 is 14.2 Å². The Hall–Kier alpha value is -3.27. The van der Waals surface area contributed by atoms with Gasteiger partial charge in [-0.2, -0.15) is 0 Å². The van der Waals surface area contributed by atoms with Gasteiger partial charge in [-0.15, -0.1) is 0 Å². The van der Waals surface area contributed by atoms with Crippen LogP contribution in [0, 0.1) is 0 Å². The molecule has 1 aliphatic heterocycles. The molecule has 0 aliphatic carbocycles. The largest absolute Gasteiger partial charge is 0.468 e. The predicted octanol–water partition coefficient (Wildman–Crippen LogP) is 4.12. The highest BCUT2D eigenvalue weighted by molar-refractivity contribution is 5.88. The van der Waals surface area contributed by atoms with E-state index in [4.69, 9.17) is 14.2 Å². The van der Waals surface area contributed by atoms with Crippen LogP contribution in [0.25, 0.3) is 0 Å². The van der Waals surface area contributed by atoms with Crippen LogP contribution in [-0.2, 0) is 21.4 Å². The van der Waals surface area contributed by atoms with Gasteiger partial charge in [0.2, 0.25) is 6.79 Å². The third-order valence-corrected chi connectivity index (χ3v) is 4.98. The fourth-order valence-corrected chi connectivity index (χ4v) is 3.64. The number of benzene rings is 3. The van der Waals surface area contributed by atoms with Crippen LogP contribution in [0.4, 0.5) is 0 Å². The molecule has 1 aliphatic rings. The maximum atomic E-state index is 13.2. The SMILES string of the molecule is COC(=O)C(Cc1ccccc1)(c1ccccc1)c1ccc2c(c1)OCO2. The molecule has 3 aromatic carbocycles. The summed E-state index contributed by atoms with van der Waals surface area (Å²) in [6.45, 7) is 0.189. The van der Waals surface area contributed by atoms with E-state index in [2.05, 4.69) is 0 Å². The Balaban J connectivity index is 1.93. The van der Waals surface area contributed by atoms with E-state index in [1.165, 1.54) is 7.11 Å². The van der Waals surface area contributed by atoms with E-state index in [1.807, 2.05) is 78.9 Å². The Morgan fingerprint density at radius 1 is 0.889 bits per heavy atom. The summed E-state index contributed by atoms with van der Waals surface area (Å²) >= 11 is 0. The molecule has 0 spiro atoms. The number of rotatable bonds is 5. The quantitative estimate of drug-likeness (QED) is 0.642. The first-order valence-electron chi connectivity index (χ1n) is 8.82. The van der Waals surface area contributed by atoms with E-state index < -0.39 is 5.41 Å². The van der Waals surface area contributed by atoms with E-state index in [0.29, 0.717) is 17.9 Å². The molecule has 0 N–H and O–H groups in total. The van der Waals surface area contributed by atoms with E-state index in [1.54, 1.807) is 0 Å². The number of methoxy groups -OCH3 is 1. The van der Waals surface area contributed by atoms with Crippen molar-refractivity contribution < 1.29 is 19.0 Å². The minimum absolute atomic E-state index is 0.189. The lowest BCUT2D eigenvalue weighted by Crippen LogP contribution is -2.40. The molecule has 1 heterocycles. The van der Waals surface area contributed by atoms with E-state index in [0.717, 1.165) is 16.7 Å². The Morgan fingerprint density at radius 2 is 1.56 bits per heavy atom. The summed E-state index contributed by atoms with van der Waals surface area (Å²) < 4.78 is 16.3. The van der Waals surface area contributed by atoms with Gasteiger partial charge in [0.15, 0.2) is 11.5 Å². The Morgan fingerprint density at radius 3 is 2.26 bits per heavy atom. The Bertz CT molecular complexity index is 937. The Labute approximate surface area is 158 Å². The normalized spacial score (nSPS) is 14.4. The van der Waals surface area contributed by atoms with Gasteiger partial charge >= 0.3 is 5.97 Å². The van der Waals surface area contributed by atoms with Crippen molar-refractivity contribution in [2.45, 2.75) is 11.8 Å². The van der Waals surface area contributed by atoms with Gasteiger partial charge in [0.05, 0.1) is 7.11 Å². The molecule has 0 saturated carbocycles. The lowest BCUT2D eigenvalue weighted by molar-refractivity contribution is -0.145. The molecule has 4 heteroatoms. The molecule has 3 aromatic rings. The maximum absolute atomic E-state index is 13.2. The Kier molecular flexibility index (Phi) is 4.55. The molecule has 27 heavy (non-hydrogen) atoms. The van der Waals surface area contributed by atoms with Crippen molar-refractivity contribution in [1.82, 2.24) is 0 Å². The molecule has 1 atom stereocenters. The first kappa shape index (κ1) is 17.2. The molecular formula is C23H20O4. The summed E-state index contributed by atoms with van der Waals surface area (Å²) in [4.78, 5) is 13.2. The third kappa shape index (κ3) is 3.04. The van der Waals surface area contributed by atoms with Crippen LogP contribution in [0.5, 0.6) is 11.5 Å². The number of carbonyl (C=O) groups excluding carboxylic acids is 1. The van der Waals surface area contributed by atoms with Crippen LogP contribution in [0.1, 0.15) is 16.7 Å². The minimum Gasteiger partial charge on any atom is -0.468 e. The van der Waals surface area contributed by atoms with E-state index in [-0.39, 0.29) is 12.8 Å². The van der Waals surface area contributed by atoms with Crippen LogP contribution in [0.3, 0.4) is 0 Å². The van der Waals surface area contributed by atoms with Crippen LogP contribution in [0.2, 0.25) is 0 Å². The van der Waals surface area contributed by atoms with Gasteiger partial charge in [0.25, 0.3) is 0 Å². The summed E-state index contributed by atoms with van der Waals surface area (Å²) in [5.74, 6) is 1.02. The van der Waals surface area contributed by atoms with Crippen LogP contribution < -0.4 is 9.47 Å². The van der Waals surface area contributed by atoms with Crippen LogP contribution in [-0.4, -0.2) is 19.9 Å². The summed E-state index contributed by atoms with van der Waals surface area (Å²) in [5.41, 5.74) is 1.75. The molecule has 4 rings (SSSR count). The van der Waals surface area contributed by atoms with Gasteiger partial charge in [-0.1, -0.05) is 66.7 Å². The molecule has 0 fully saturated rings. The third-order valence-electron chi connectivity index (χ3n) is 4.98. The molecule has 0 aromatic heterocycles. The second-order valence-electron chi connectivity index (χ2n) is 6.49. The van der Waals surface area contributed by atoms with Gasteiger partial charge in [-0.3, -0.25) is 4.79 Å². The van der Waals surface area contributed by atoms with Gasteiger partial charge in [-0.25, -0.2) is 0 Å². The predicted molar refractivity (Wildman–Crippen MR) is 102 cm³/mol. The smallest absolute Gasteiger partial charge is 0.321 e. The lowest BCUT2D eigenvalue weighted by Gasteiger charge is -2.32. The molecule has 0 radical (unpaired) electrons. The van der Waals surface area contributed by atoms with Crippen LogP contribution in [0.15, 0.2) is 78.9 Å². The number of fused-ring (bicyclic) bond motifs is 1. The highest BCUT2D eigenvalue weighted by Crippen LogP contribution is 2.42. The zero-order chi connectivity index (χ0) is 18.7. The molecule has 0 saturated heterocycles. The summed E-state index contributed by atoms with van der Waals surface area (Å²) in [6, 6.07) is 25.3. The minimum atomic E-state index is -0.988. The average molecular weight is 360 g/mol. The number of ether oxygens (including phenoxy) is 3. The topological polar surface area (TPSA) is 44.8 Å². The first-order valence-corrected chi connectivity index (χ1v) is 8.82. The second kappa shape index (κ2) is 7.16. The molecule has 0 bridgehead atoms. The van der Waals surface area contributed by atoms with Gasteiger partial charge in [0, 0.05) is 0 Å². The highest BCUT2D eigenvalue weighted by Gasteiger charge is 2.44. The highest BCUT2D eigenvalue weighted by atomic mass is 16.7. The summed E-state index contributed by atoms with van der Waals surface area (Å²) in [6.07, 6.45) is 0.476. The van der Waals surface area contributed by atoms with Crippen molar-refractivity contribution in [3.05, 3.63) is 95.6 Å². The molecular weight excluding hydrogens is 340 g/mol. The number of esters is 1. The van der Waals surface area contributed by atoms with E-state index >= 15 is 0 Å². The van der Waals surface area contributed by atoms with Gasteiger partial charge in [0.1, 0.15) is 5.41 Å². The summed E-state index contributed by atoms with van der Waals surface area (Å²) in [7, 11) is 1.43. The van der Waals surface area contributed by atoms with Crippen molar-refractivity contribution in [2.24, 2.45) is 0 Å². The molecule has 1 unspecified atom stereocenters. The fraction of sp³-hybridized carbons (Fsp3) is 0.174. The molecule has 136 valence electrons. The molecule has 0 amide bonds. The monoisotopic (exact) mass is 360 g/mol. The van der Waals surface area contributed by atoms with Crippen molar-refractivity contribution >= 4 is 5.97 Å². The summed E-state index contributed by atoms with van der Waals surface area (Å²) in [5, 5.41) is 0. The van der Waals surface area contributed by atoms with E-state index in [9.17, 15) is 4.79 Å². The molecule has 4 nitrogen and oxygen atoms in total. The number of hydrogen-bond acceptors (Lipinski definition) is 4. The zero-order valence-corrected chi connectivity index (χ0v) is 15.1.